The van der Waals surface area contributed by atoms with Gasteiger partial charge in [0.2, 0.25) is 0 Å². The molecule has 0 aromatic rings. The van der Waals surface area contributed by atoms with Crippen LogP contribution in [-0.2, 0) is 4.79 Å². The lowest BCUT2D eigenvalue weighted by molar-refractivity contribution is -0.141. The molecule has 0 aliphatic heterocycles. The molecule has 0 aromatic heterocycles. The SMILES string of the molecule is CCCCCN(C(=O)NC1CCC(C(=O)O)C1)C(C)C. The number of carbonyl (C=O) groups excluding carboxylic acids is 1. The smallest absolute Gasteiger partial charge is 0.317 e. The number of carbonyl (C=O) groups is 2. The van der Waals surface area contributed by atoms with Crippen molar-refractivity contribution in [2.45, 2.75) is 71.4 Å². The molecular weight excluding hydrogens is 256 g/mol. The van der Waals surface area contributed by atoms with Crippen molar-refractivity contribution in [2.75, 3.05) is 6.54 Å². The number of unbranched alkanes of at least 4 members (excludes halogenated alkanes) is 2. The van der Waals surface area contributed by atoms with E-state index in [0.29, 0.717) is 12.8 Å². The maximum atomic E-state index is 12.3. The summed E-state index contributed by atoms with van der Waals surface area (Å²) in [7, 11) is 0. The van der Waals surface area contributed by atoms with Crippen LogP contribution in [0.4, 0.5) is 4.79 Å². The van der Waals surface area contributed by atoms with Gasteiger partial charge in [-0.3, -0.25) is 4.79 Å². The maximum Gasteiger partial charge on any atom is 0.317 e. The molecule has 1 fully saturated rings. The zero-order valence-corrected chi connectivity index (χ0v) is 12.9. The first-order valence-electron chi connectivity index (χ1n) is 7.75. The van der Waals surface area contributed by atoms with E-state index in [-0.39, 0.29) is 24.0 Å². The van der Waals surface area contributed by atoms with Crippen molar-refractivity contribution in [3.8, 4) is 0 Å². The predicted molar refractivity (Wildman–Crippen MR) is 78.7 cm³/mol. The standard InChI is InChI=1S/C15H28N2O3/c1-4-5-6-9-17(11(2)3)15(20)16-13-8-7-12(10-13)14(18)19/h11-13H,4-10H2,1-3H3,(H,16,20)(H,18,19). The third-order valence-electron chi connectivity index (χ3n) is 4.00. The number of carboxylic acids is 1. The van der Waals surface area contributed by atoms with Gasteiger partial charge in [0, 0.05) is 18.6 Å². The van der Waals surface area contributed by atoms with Crippen LogP contribution in [0.25, 0.3) is 0 Å². The molecule has 2 atom stereocenters. The number of rotatable bonds is 7. The predicted octanol–water partition coefficient (Wildman–Crippen LogP) is 2.85. The van der Waals surface area contributed by atoms with E-state index in [0.717, 1.165) is 32.2 Å². The summed E-state index contributed by atoms with van der Waals surface area (Å²) in [4.78, 5) is 25.1. The fourth-order valence-corrected chi connectivity index (χ4v) is 2.72. The fourth-order valence-electron chi connectivity index (χ4n) is 2.72. The largest absolute Gasteiger partial charge is 0.481 e. The Bertz CT molecular complexity index is 331. The molecule has 1 rings (SSSR count). The minimum Gasteiger partial charge on any atom is -0.481 e. The summed E-state index contributed by atoms with van der Waals surface area (Å²) in [6.07, 6.45) is 5.27. The summed E-state index contributed by atoms with van der Waals surface area (Å²) < 4.78 is 0. The molecule has 0 bridgehead atoms. The van der Waals surface area contributed by atoms with Crippen LogP contribution < -0.4 is 5.32 Å². The first-order chi connectivity index (χ1) is 9.45. The average Bonchev–Trinajstić information content (AvgIpc) is 2.82. The molecule has 1 aliphatic rings. The maximum absolute atomic E-state index is 12.3. The van der Waals surface area contributed by atoms with E-state index in [1.165, 1.54) is 0 Å². The summed E-state index contributed by atoms with van der Waals surface area (Å²) >= 11 is 0. The third kappa shape index (κ3) is 5.02. The quantitative estimate of drug-likeness (QED) is 0.706. The van der Waals surface area contributed by atoms with Crippen molar-refractivity contribution in [3.05, 3.63) is 0 Å². The molecule has 1 aliphatic carbocycles. The van der Waals surface area contributed by atoms with Gasteiger partial charge < -0.3 is 15.3 Å². The Morgan fingerprint density at radius 1 is 1.30 bits per heavy atom. The molecule has 5 nitrogen and oxygen atoms in total. The second kappa shape index (κ2) is 8.12. The van der Waals surface area contributed by atoms with Crippen LogP contribution in [0.2, 0.25) is 0 Å². The molecule has 2 amide bonds. The summed E-state index contributed by atoms with van der Waals surface area (Å²) in [5, 5.41) is 12.0. The molecular formula is C15H28N2O3. The van der Waals surface area contributed by atoms with E-state index in [9.17, 15) is 9.59 Å². The Morgan fingerprint density at radius 3 is 2.50 bits per heavy atom. The minimum absolute atomic E-state index is 0.0102. The number of hydrogen-bond donors (Lipinski definition) is 2. The number of aliphatic carboxylic acids is 1. The highest BCUT2D eigenvalue weighted by Gasteiger charge is 2.31. The Morgan fingerprint density at radius 2 is 2.00 bits per heavy atom. The number of amides is 2. The van der Waals surface area contributed by atoms with Gasteiger partial charge in [-0.05, 0) is 39.5 Å². The van der Waals surface area contributed by atoms with Crippen LogP contribution in [0, 0.1) is 5.92 Å². The lowest BCUT2D eigenvalue weighted by Crippen LogP contribution is -2.47. The second-order valence-electron chi connectivity index (χ2n) is 5.99. The van der Waals surface area contributed by atoms with Crippen molar-refractivity contribution in [1.82, 2.24) is 10.2 Å². The van der Waals surface area contributed by atoms with Crippen LogP contribution in [0.1, 0.15) is 59.3 Å². The van der Waals surface area contributed by atoms with E-state index < -0.39 is 5.97 Å². The second-order valence-corrected chi connectivity index (χ2v) is 5.99. The highest BCUT2D eigenvalue weighted by Crippen LogP contribution is 2.25. The van der Waals surface area contributed by atoms with Crippen molar-refractivity contribution >= 4 is 12.0 Å². The minimum atomic E-state index is -0.745. The Kier molecular flexibility index (Phi) is 6.82. The van der Waals surface area contributed by atoms with Crippen LogP contribution in [0.3, 0.4) is 0 Å². The monoisotopic (exact) mass is 284 g/mol. The summed E-state index contributed by atoms with van der Waals surface area (Å²) in [5.41, 5.74) is 0. The van der Waals surface area contributed by atoms with Crippen LogP contribution in [0.5, 0.6) is 0 Å². The van der Waals surface area contributed by atoms with Gasteiger partial charge in [0.05, 0.1) is 5.92 Å². The molecule has 1 saturated carbocycles. The van der Waals surface area contributed by atoms with Crippen molar-refractivity contribution in [3.63, 3.8) is 0 Å². The zero-order chi connectivity index (χ0) is 15.1. The van der Waals surface area contributed by atoms with E-state index in [1.54, 1.807) is 0 Å². The molecule has 20 heavy (non-hydrogen) atoms. The number of hydrogen-bond acceptors (Lipinski definition) is 2. The number of urea groups is 1. The lowest BCUT2D eigenvalue weighted by Gasteiger charge is -2.28. The van der Waals surface area contributed by atoms with Gasteiger partial charge in [-0.2, -0.15) is 0 Å². The normalized spacial score (nSPS) is 22.0. The fraction of sp³-hybridized carbons (Fsp3) is 0.867. The highest BCUT2D eigenvalue weighted by atomic mass is 16.4. The molecule has 5 heteroatoms. The van der Waals surface area contributed by atoms with E-state index in [2.05, 4.69) is 12.2 Å². The highest BCUT2D eigenvalue weighted by molar-refractivity contribution is 5.75. The van der Waals surface area contributed by atoms with Gasteiger partial charge in [-0.25, -0.2) is 4.79 Å². The molecule has 0 radical (unpaired) electrons. The molecule has 0 heterocycles. The van der Waals surface area contributed by atoms with Gasteiger partial charge >= 0.3 is 12.0 Å². The van der Waals surface area contributed by atoms with E-state index in [1.807, 2.05) is 18.7 Å². The van der Waals surface area contributed by atoms with E-state index >= 15 is 0 Å². The van der Waals surface area contributed by atoms with Gasteiger partial charge in [-0.15, -0.1) is 0 Å². The molecule has 0 saturated heterocycles. The molecule has 2 unspecified atom stereocenters. The molecule has 0 spiro atoms. The topological polar surface area (TPSA) is 69.6 Å². The molecule has 2 N–H and O–H groups in total. The summed E-state index contributed by atoms with van der Waals surface area (Å²) in [5.74, 6) is -1.04. The van der Waals surface area contributed by atoms with Gasteiger partial charge in [0.15, 0.2) is 0 Å². The lowest BCUT2D eigenvalue weighted by atomic mass is 10.1. The first kappa shape index (κ1) is 16.8. The summed E-state index contributed by atoms with van der Waals surface area (Å²) in [6.45, 7) is 6.94. The van der Waals surface area contributed by atoms with E-state index in [4.69, 9.17) is 5.11 Å². The number of nitrogens with one attached hydrogen (secondary N) is 1. The van der Waals surface area contributed by atoms with Crippen LogP contribution in [-0.4, -0.2) is 40.6 Å². The van der Waals surface area contributed by atoms with Crippen molar-refractivity contribution < 1.29 is 14.7 Å². The molecule has 116 valence electrons. The average molecular weight is 284 g/mol. The third-order valence-corrected chi connectivity index (χ3v) is 4.00. The molecule has 0 aromatic carbocycles. The van der Waals surface area contributed by atoms with Gasteiger partial charge in [0.25, 0.3) is 0 Å². The zero-order valence-electron chi connectivity index (χ0n) is 12.9. The number of carboxylic acid groups (broad SMARTS) is 1. The van der Waals surface area contributed by atoms with Gasteiger partial charge in [-0.1, -0.05) is 19.8 Å². The Labute approximate surface area is 121 Å². The Balaban J connectivity index is 2.44. The van der Waals surface area contributed by atoms with Gasteiger partial charge in [0.1, 0.15) is 0 Å². The van der Waals surface area contributed by atoms with Crippen molar-refractivity contribution in [1.29, 1.82) is 0 Å². The Hall–Kier alpha value is -1.26. The first-order valence-corrected chi connectivity index (χ1v) is 7.75. The summed E-state index contributed by atoms with van der Waals surface area (Å²) in [6, 6.07) is 0.131. The van der Waals surface area contributed by atoms with Crippen LogP contribution >= 0.6 is 0 Å². The van der Waals surface area contributed by atoms with Crippen LogP contribution in [0.15, 0.2) is 0 Å². The van der Waals surface area contributed by atoms with Crippen molar-refractivity contribution in [2.24, 2.45) is 5.92 Å². The number of nitrogens with zero attached hydrogens (tertiary/aromatic N) is 1.